The molecule has 0 spiro atoms. The van der Waals surface area contributed by atoms with Crippen LogP contribution in [0.15, 0.2) is 42.5 Å². The minimum atomic E-state index is 0.200. The molecule has 0 amide bonds. The summed E-state index contributed by atoms with van der Waals surface area (Å²) in [6.45, 7) is 1.36. The summed E-state index contributed by atoms with van der Waals surface area (Å²) in [5.74, 6) is 0.894. The second-order valence-electron chi connectivity index (χ2n) is 5.50. The molecule has 4 heteroatoms. The van der Waals surface area contributed by atoms with Crippen LogP contribution in [0.25, 0.3) is 11.1 Å². The average molecular weight is 303 g/mol. The topological polar surface area (TPSA) is 68.8 Å². The minimum Gasteiger partial charge on any atom is -0.493 e. The van der Waals surface area contributed by atoms with Crippen LogP contribution in [0.2, 0.25) is 0 Å². The van der Waals surface area contributed by atoms with Crippen molar-refractivity contribution < 1.29 is 4.74 Å². The average Bonchev–Trinajstić information content (AvgIpc) is 2.62. The van der Waals surface area contributed by atoms with Gasteiger partial charge in [0.2, 0.25) is 0 Å². The molecule has 1 heterocycles. The monoisotopic (exact) mass is 303 g/mol. The van der Waals surface area contributed by atoms with E-state index >= 15 is 0 Å². The van der Waals surface area contributed by atoms with Gasteiger partial charge in [-0.3, -0.25) is 0 Å². The molecule has 2 aromatic carbocycles. The Kier molecular flexibility index (Phi) is 4.57. The number of fused-ring (bicyclic) bond motifs is 1. The standard InChI is InChI=1S/C19H17N3O/c20-8-2-9-22-18-7-10-23-19-6-5-16(12-17(18)19)15-4-1-3-14(11-15)13-21/h1,3-6,11-12,18,22H,2,7,9-10H2/t18-/m0/s1. The van der Waals surface area contributed by atoms with Crippen molar-refractivity contribution in [3.8, 4) is 29.0 Å². The molecule has 0 unspecified atom stereocenters. The van der Waals surface area contributed by atoms with Crippen LogP contribution in [-0.4, -0.2) is 13.2 Å². The lowest BCUT2D eigenvalue weighted by atomic mass is 9.95. The number of rotatable bonds is 4. The molecule has 0 radical (unpaired) electrons. The maximum Gasteiger partial charge on any atom is 0.124 e. The first-order valence-electron chi connectivity index (χ1n) is 7.69. The Hall–Kier alpha value is -2.82. The number of nitriles is 2. The third kappa shape index (κ3) is 3.34. The fraction of sp³-hybridized carbons (Fsp3) is 0.263. The van der Waals surface area contributed by atoms with E-state index in [1.807, 2.05) is 30.3 Å². The Morgan fingerprint density at radius 1 is 1.13 bits per heavy atom. The van der Waals surface area contributed by atoms with Gasteiger partial charge in [0.15, 0.2) is 0 Å². The van der Waals surface area contributed by atoms with Gasteiger partial charge in [0.25, 0.3) is 0 Å². The highest BCUT2D eigenvalue weighted by atomic mass is 16.5. The highest BCUT2D eigenvalue weighted by Gasteiger charge is 2.21. The smallest absolute Gasteiger partial charge is 0.124 e. The molecule has 1 aliphatic rings. The van der Waals surface area contributed by atoms with E-state index in [0.29, 0.717) is 25.1 Å². The summed E-state index contributed by atoms with van der Waals surface area (Å²) < 4.78 is 5.74. The van der Waals surface area contributed by atoms with Gasteiger partial charge in [-0.15, -0.1) is 0 Å². The Morgan fingerprint density at radius 2 is 2.00 bits per heavy atom. The van der Waals surface area contributed by atoms with Crippen molar-refractivity contribution in [2.75, 3.05) is 13.2 Å². The molecule has 0 saturated carbocycles. The molecule has 1 aliphatic heterocycles. The van der Waals surface area contributed by atoms with Crippen molar-refractivity contribution >= 4 is 0 Å². The Morgan fingerprint density at radius 3 is 2.83 bits per heavy atom. The van der Waals surface area contributed by atoms with Crippen molar-refractivity contribution in [2.24, 2.45) is 0 Å². The zero-order valence-electron chi connectivity index (χ0n) is 12.7. The molecule has 23 heavy (non-hydrogen) atoms. The highest BCUT2D eigenvalue weighted by Crippen LogP contribution is 2.35. The molecule has 1 N–H and O–H groups in total. The number of hydrogen-bond donors (Lipinski definition) is 1. The number of hydrogen-bond acceptors (Lipinski definition) is 4. The van der Waals surface area contributed by atoms with Gasteiger partial charge in [-0.05, 0) is 35.4 Å². The van der Waals surface area contributed by atoms with Crippen molar-refractivity contribution in [3.05, 3.63) is 53.6 Å². The van der Waals surface area contributed by atoms with Crippen molar-refractivity contribution in [1.29, 1.82) is 10.5 Å². The van der Waals surface area contributed by atoms with E-state index in [1.54, 1.807) is 6.07 Å². The summed E-state index contributed by atoms with van der Waals surface area (Å²) in [5, 5.41) is 21.2. The third-order valence-electron chi connectivity index (χ3n) is 4.00. The van der Waals surface area contributed by atoms with Gasteiger partial charge in [0.1, 0.15) is 5.75 Å². The fourth-order valence-corrected chi connectivity index (χ4v) is 2.86. The zero-order valence-corrected chi connectivity index (χ0v) is 12.7. The molecule has 0 aliphatic carbocycles. The number of nitrogens with zero attached hydrogens (tertiary/aromatic N) is 2. The lowest BCUT2D eigenvalue weighted by Gasteiger charge is -2.27. The number of benzene rings is 2. The van der Waals surface area contributed by atoms with E-state index in [4.69, 9.17) is 15.3 Å². The van der Waals surface area contributed by atoms with Crippen LogP contribution in [0.5, 0.6) is 5.75 Å². The first-order chi connectivity index (χ1) is 11.3. The van der Waals surface area contributed by atoms with E-state index in [-0.39, 0.29) is 6.04 Å². The van der Waals surface area contributed by atoms with Gasteiger partial charge in [0.05, 0.1) is 24.3 Å². The van der Waals surface area contributed by atoms with Gasteiger partial charge < -0.3 is 10.1 Å². The SMILES string of the molecule is N#CCCN[C@H]1CCOc2ccc(-c3cccc(C#N)c3)cc21. The predicted molar refractivity (Wildman–Crippen MR) is 87.7 cm³/mol. The van der Waals surface area contributed by atoms with E-state index in [2.05, 4.69) is 23.5 Å². The van der Waals surface area contributed by atoms with Crippen molar-refractivity contribution in [3.63, 3.8) is 0 Å². The van der Waals surface area contributed by atoms with E-state index in [0.717, 1.165) is 28.9 Å². The van der Waals surface area contributed by atoms with Crippen molar-refractivity contribution in [2.45, 2.75) is 18.9 Å². The summed E-state index contributed by atoms with van der Waals surface area (Å²) in [6.07, 6.45) is 1.39. The molecule has 3 rings (SSSR count). The van der Waals surface area contributed by atoms with Gasteiger partial charge >= 0.3 is 0 Å². The second-order valence-corrected chi connectivity index (χ2v) is 5.50. The Labute approximate surface area is 135 Å². The van der Waals surface area contributed by atoms with E-state index < -0.39 is 0 Å². The lowest BCUT2D eigenvalue weighted by Crippen LogP contribution is -2.27. The van der Waals surface area contributed by atoms with Crippen LogP contribution in [0, 0.1) is 22.7 Å². The molecule has 0 saturated heterocycles. The van der Waals surface area contributed by atoms with Gasteiger partial charge in [0, 0.05) is 31.0 Å². The largest absolute Gasteiger partial charge is 0.493 e. The molecule has 1 atom stereocenters. The van der Waals surface area contributed by atoms with Crippen LogP contribution in [0.4, 0.5) is 0 Å². The van der Waals surface area contributed by atoms with Crippen LogP contribution < -0.4 is 10.1 Å². The second kappa shape index (κ2) is 6.96. The van der Waals surface area contributed by atoms with Gasteiger partial charge in [-0.2, -0.15) is 10.5 Å². The van der Waals surface area contributed by atoms with Crippen LogP contribution >= 0.6 is 0 Å². The molecule has 114 valence electrons. The normalized spacial score (nSPS) is 15.8. The summed E-state index contributed by atoms with van der Waals surface area (Å²) in [5.41, 5.74) is 3.86. The molecule has 2 aromatic rings. The highest BCUT2D eigenvalue weighted by molar-refractivity contribution is 5.67. The lowest BCUT2D eigenvalue weighted by molar-refractivity contribution is 0.253. The third-order valence-corrected chi connectivity index (χ3v) is 4.00. The number of ether oxygens (including phenoxy) is 1. The fourth-order valence-electron chi connectivity index (χ4n) is 2.86. The Bertz CT molecular complexity index is 786. The first kappa shape index (κ1) is 15.1. The molecular weight excluding hydrogens is 286 g/mol. The Balaban J connectivity index is 1.92. The van der Waals surface area contributed by atoms with Crippen LogP contribution in [0.3, 0.4) is 0 Å². The predicted octanol–water partition coefficient (Wildman–Crippen LogP) is 3.55. The first-order valence-corrected chi connectivity index (χ1v) is 7.69. The zero-order chi connectivity index (χ0) is 16.1. The summed E-state index contributed by atoms with van der Waals surface area (Å²) in [6, 6.07) is 18.3. The molecular formula is C19H17N3O. The van der Waals surface area contributed by atoms with Gasteiger partial charge in [-0.1, -0.05) is 18.2 Å². The minimum absolute atomic E-state index is 0.200. The molecule has 0 aromatic heterocycles. The molecule has 4 nitrogen and oxygen atoms in total. The van der Waals surface area contributed by atoms with E-state index in [9.17, 15) is 0 Å². The van der Waals surface area contributed by atoms with Crippen LogP contribution in [0.1, 0.15) is 30.0 Å². The van der Waals surface area contributed by atoms with Crippen LogP contribution in [-0.2, 0) is 0 Å². The quantitative estimate of drug-likeness (QED) is 0.877. The number of nitrogens with one attached hydrogen (secondary N) is 1. The summed E-state index contributed by atoms with van der Waals surface area (Å²) >= 11 is 0. The van der Waals surface area contributed by atoms with E-state index in [1.165, 1.54) is 0 Å². The molecule has 0 bridgehead atoms. The maximum atomic E-state index is 9.06. The molecule has 0 fully saturated rings. The van der Waals surface area contributed by atoms with Gasteiger partial charge in [-0.25, -0.2) is 0 Å². The summed E-state index contributed by atoms with van der Waals surface area (Å²) in [7, 11) is 0. The maximum absolute atomic E-state index is 9.06. The van der Waals surface area contributed by atoms with Crippen molar-refractivity contribution in [1.82, 2.24) is 5.32 Å². The summed E-state index contributed by atoms with van der Waals surface area (Å²) in [4.78, 5) is 0.